The van der Waals surface area contributed by atoms with Crippen molar-refractivity contribution in [3.05, 3.63) is 71.7 Å². The first-order chi connectivity index (χ1) is 14.1. The van der Waals surface area contributed by atoms with Gasteiger partial charge in [-0.15, -0.1) is 0 Å². The van der Waals surface area contributed by atoms with E-state index in [-0.39, 0.29) is 17.6 Å². The number of aromatic amines is 1. The van der Waals surface area contributed by atoms with Crippen molar-refractivity contribution < 1.29 is 13.9 Å². The zero-order valence-electron chi connectivity index (χ0n) is 16.4. The molecule has 1 aromatic heterocycles. The quantitative estimate of drug-likeness (QED) is 0.703. The van der Waals surface area contributed by atoms with Gasteiger partial charge in [0.25, 0.3) is 5.91 Å². The number of rotatable bonds is 4. The summed E-state index contributed by atoms with van der Waals surface area (Å²) in [5, 5.41) is 7.21. The number of aromatic nitrogens is 2. The van der Waals surface area contributed by atoms with E-state index >= 15 is 0 Å². The molecule has 1 aliphatic rings. The molecular formula is C23H24FN3O2. The number of hydrogen-bond acceptors (Lipinski definition) is 3. The molecule has 0 aliphatic carbocycles. The summed E-state index contributed by atoms with van der Waals surface area (Å²) >= 11 is 0. The summed E-state index contributed by atoms with van der Waals surface area (Å²) in [6.07, 6.45) is 3.00. The summed E-state index contributed by atoms with van der Waals surface area (Å²) in [5.74, 6) is 0.661. The standard InChI is InChI=1S/C23H24FN3O2/c1-29-20-7-4-6-17(13-20)21-14-22(26-25-21)23(28)27-12-3-2-5-18(15-27)16-8-10-19(24)11-9-16/h4,6-11,13-14,18H,2-3,5,12,15H2,1H3,(H,25,26)/t18-/m0/s1. The van der Waals surface area contributed by atoms with E-state index in [1.807, 2.05) is 41.3 Å². The molecule has 5 nitrogen and oxygen atoms in total. The third-order valence-electron chi connectivity index (χ3n) is 5.47. The van der Waals surface area contributed by atoms with Crippen LogP contribution in [0.25, 0.3) is 11.3 Å². The number of benzene rings is 2. The Balaban J connectivity index is 1.52. The highest BCUT2D eigenvalue weighted by atomic mass is 19.1. The van der Waals surface area contributed by atoms with Crippen LogP contribution in [0.3, 0.4) is 0 Å². The molecule has 3 aromatic rings. The number of carbonyl (C=O) groups is 1. The van der Waals surface area contributed by atoms with E-state index < -0.39 is 0 Å². The fourth-order valence-corrected chi connectivity index (χ4v) is 3.87. The number of likely N-dealkylation sites (tertiary alicyclic amines) is 1. The molecule has 1 N–H and O–H groups in total. The van der Waals surface area contributed by atoms with E-state index in [9.17, 15) is 9.18 Å². The lowest BCUT2D eigenvalue weighted by atomic mass is 9.94. The zero-order valence-corrected chi connectivity index (χ0v) is 16.4. The number of ether oxygens (including phenoxy) is 1. The molecule has 4 rings (SSSR count). The normalized spacial score (nSPS) is 17.0. The first-order valence-corrected chi connectivity index (χ1v) is 9.88. The van der Waals surface area contributed by atoms with Gasteiger partial charge in [-0.3, -0.25) is 9.89 Å². The van der Waals surface area contributed by atoms with Crippen molar-refractivity contribution in [1.29, 1.82) is 0 Å². The molecule has 0 unspecified atom stereocenters. The minimum Gasteiger partial charge on any atom is -0.497 e. The van der Waals surface area contributed by atoms with Crippen LogP contribution in [0.15, 0.2) is 54.6 Å². The highest BCUT2D eigenvalue weighted by Gasteiger charge is 2.25. The largest absolute Gasteiger partial charge is 0.497 e. The van der Waals surface area contributed by atoms with Crippen LogP contribution >= 0.6 is 0 Å². The van der Waals surface area contributed by atoms with Crippen LogP contribution in [0.5, 0.6) is 5.75 Å². The van der Waals surface area contributed by atoms with Gasteiger partial charge < -0.3 is 9.64 Å². The summed E-state index contributed by atoms with van der Waals surface area (Å²) in [4.78, 5) is 15.0. The number of methoxy groups -OCH3 is 1. The molecule has 2 heterocycles. The van der Waals surface area contributed by atoms with Crippen molar-refractivity contribution in [1.82, 2.24) is 15.1 Å². The molecule has 0 radical (unpaired) electrons. The van der Waals surface area contributed by atoms with Crippen LogP contribution in [-0.4, -0.2) is 41.2 Å². The smallest absolute Gasteiger partial charge is 0.271 e. The van der Waals surface area contributed by atoms with Gasteiger partial charge in [-0.1, -0.05) is 30.7 Å². The van der Waals surface area contributed by atoms with Gasteiger partial charge in [-0.05, 0) is 48.7 Å². The maximum absolute atomic E-state index is 13.3. The average molecular weight is 393 g/mol. The maximum Gasteiger partial charge on any atom is 0.271 e. The van der Waals surface area contributed by atoms with Crippen molar-refractivity contribution in [2.75, 3.05) is 20.2 Å². The lowest BCUT2D eigenvalue weighted by molar-refractivity contribution is 0.0748. The van der Waals surface area contributed by atoms with Gasteiger partial charge in [-0.25, -0.2) is 4.39 Å². The number of hydrogen-bond donors (Lipinski definition) is 1. The first-order valence-electron chi connectivity index (χ1n) is 9.88. The van der Waals surface area contributed by atoms with Gasteiger partial charge in [-0.2, -0.15) is 5.10 Å². The Kier molecular flexibility index (Phi) is 5.60. The number of nitrogens with one attached hydrogen (secondary N) is 1. The van der Waals surface area contributed by atoms with Gasteiger partial charge >= 0.3 is 0 Å². The highest BCUT2D eigenvalue weighted by Crippen LogP contribution is 2.28. The van der Waals surface area contributed by atoms with Crippen LogP contribution in [0.1, 0.15) is 41.2 Å². The molecule has 0 saturated carbocycles. The van der Waals surface area contributed by atoms with E-state index in [2.05, 4.69) is 10.2 Å². The number of nitrogens with zero attached hydrogens (tertiary/aromatic N) is 2. The Morgan fingerprint density at radius 2 is 2.00 bits per heavy atom. The topological polar surface area (TPSA) is 58.2 Å². The Hall–Kier alpha value is -3.15. The molecule has 0 bridgehead atoms. The molecule has 1 atom stereocenters. The molecule has 0 spiro atoms. The van der Waals surface area contributed by atoms with Crippen LogP contribution < -0.4 is 4.74 Å². The van der Waals surface area contributed by atoms with Crippen molar-refractivity contribution in [3.8, 4) is 17.0 Å². The van der Waals surface area contributed by atoms with E-state index in [1.165, 1.54) is 12.1 Å². The van der Waals surface area contributed by atoms with Crippen LogP contribution in [0, 0.1) is 5.82 Å². The number of carbonyl (C=O) groups excluding carboxylic acids is 1. The third kappa shape index (κ3) is 4.31. The maximum atomic E-state index is 13.3. The molecule has 1 aliphatic heterocycles. The number of H-pyrrole nitrogens is 1. The van der Waals surface area contributed by atoms with Gasteiger partial charge in [0.05, 0.1) is 12.8 Å². The molecule has 6 heteroatoms. The van der Waals surface area contributed by atoms with E-state index in [0.717, 1.165) is 36.1 Å². The monoisotopic (exact) mass is 393 g/mol. The average Bonchev–Trinajstić information content (AvgIpc) is 3.12. The predicted molar refractivity (Wildman–Crippen MR) is 109 cm³/mol. The summed E-state index contributed by atoms with van der Waals surface area (Å²) in [5.41, 5.74) is 3.15. The Labute approximate surface area is 169 Å². The molecular weight excluding hydrogens is 369 g/mol. The van der Waals surface area contributed by atoms with E-state index in [0.29, 0.717) is 24.5 Å². The number of amides is 1. The fraction of sp³-hybridized carbons (Fsp3) is 0.304. The third-order valence-corrected chi connectivity index (χ3v) is 5.47. The van der Waals surface area contributed by atoms with Gasteiger partial charge in [0.2, 0.25) is 0 Å². The van der Waals surface area contributed by atoms with Crippen molar-refractivity contribution >= 4 is 5.91 Å². The summed E-state index contributed by atoms with van der Waals surface area (Å²) < 4.78 is 18.5. The van der Waals surface area contributed by atoms with Crippen LogP contribution in [0.2, 0.25) is 0 Å². The van der Waals surface area contributed by atoms with Crippen molar-refractivity contribution in [2.45, 2.75) is 25.2 Å². The van der Waals surface area contributed by atoms with Gasteiger partial charge in [0.1, 0.15) is 17.3 Å². The van der Waals surface area contributed by atoms with Crippen LogP contribution in [-0.2, 0) is 0 Å². The Bertz CT molecular complexity index is 984. The lowest BCUT2D eigenvalue weighted by Crippen LogP contribution is -2.34. The van der Waals surface area contributed by atoms with E-state index in [4.69, 9.17) is 4.74 Å². The van der Waals surface area contributed by atoms with Crippen molar-refractivity contribution in [3.63, 3.8) is 0 Å². The molecule has 1 fully saturated rings. The molecule has 150 valence electrons. The molecule has 29 heavy (non-hydrogen) atoms. The van der Waals surface area contributed by atoms with Gasteiger partial charge in [0, 0.05) is 24.6 Å². The lowest BCUT2D eigenvalue weighted by Gasteiger charge is -2.24. The Morgan fingerprint density at radius 3 is 2.79 bits per heavy atom. The minimum absolute atomic E-state index is 0.0549. The van der Waals surface area contributed by atoms with Crippen molar-refractivity contribution in [2.24, 2.45) is 0 Å². The van der Waals surface area contributed by atoms with Gasteiger partial charge in [0.15, 0.2) is 0 Å². The summed E-state index contributed by atoms with van der Waals surface area (Å²) in [7, 11) is 1.62. The molecule has 2 aromatic carbocycles. The fourth-order valence-electron chi connectivity index (χ4n) is 3.87. The van der Waals surface area contributed by atoms with E-state index in [1.54, 1.807) is 13.2 Å². The van der Waals surface area contributed by atoms with Crippen LogP contribution in [0.4, 0.5) is 4.39 Å². The Morgan fingerprint density at radius 1 is 1.17 bits per heavy atom. The SMILES string of the molecule is COc1cccc(-c2cc(C(=O)N3CCCC[C@H](c4ccc(F)cc4)C3)[nH]n2)c1. The second-order valence-corrected chi connectivity index (χ2v) is 7.39. The second kappa shape index (κ2) is 8.47. The molecule has 1 amide bonds. The molecule has 1 saturated heterocycles. The summed E-state index contributed by atoms with van der Waals surface area (Å²) in [6.45, 7) is 1.34. The highest BCUT2D eigenvalue weighted by molar-refractivity contribution is 5.93. The zero-order chi connectivity index (χ0) is 20.2. The predicted octanol–water partition coefficient (Wildman–Crippen LogP) is 4.63. The number of halogens is 1. The minimum atomic E-state index is -0.238. The first kappa shape index (κ1) is 19.2. The summed E-state index contributed by atoms with van der Waals surface area (Å²) in [6, 6.07) is 16.0. The second-order valence-electron chi connectivity index (χ2n) is 7.39.